The lowest BCUT2D eigenvalue weighted by Gasteiger charge is -2.15. The van der Waals surface area contributed by atoms with Crippen molar-refractivity contribution in [3.05, 3.63) is 28.8 Å². The van der Waals surface area contributed by atoms with Crippen LogP contribution in [0.2, 0.25) is 5.02 Å². The van der Waals surface area contributed by atoms with Crippen LogP contribution in [0.15, 0.2) is 18.2 Å². The molecular weight excluding hydrogens is 268 g/mol. The SMILES string of the molecule is Cc1ccc(Cl)c(NC(=O)C(=O)N2CC[C@H](O)C2)c1. The molecule has 0 aromatic heterocycles. The molecule has 1 fully saturated rings. The van der Waals surface area contributed by atoms with Gasteiger partial charge >= 0.3 is 11.8 Å². The van der Waals surface area contributed by atoms with E-state index < -0.39 is 17.9 Å². The van der Waals surface area contributed by atoms with Gasteiger partial charge in [0.1, 0.15) is 0 Å². The Kier molecular flexibility index (Phi) is 4.07. The minimum Gasteiger partial charge on any atom is -0.391 e. The highest BCUT2D eigenvalue weighted by atomic mass is 35.5. The van der Waals surface area contributed by atoms with Crippen LogP contribution in [0.4, 0.5) is 5.69 Å². The molecule has 1 saturated heterocycles. The first-order valence-corrected chi connectivity index (χ1v) is 6.39. The summed E-state index contributed by atoms with van der Waals surface area (Å²) in [6.45, 7) is 2.47. The van der Waals surface area contributed by atoms with Gasteiger partial charge in [-0.25, -0.2) is 0 Å². The molecule has 1 atom stereocenters. The molecule has 1 aliphatic rings. The molecule has 0 radical (unpaired) electrons. The number of aliphatic hydroxyl groups excluding tert-OH is 1. The maximum Gasteiger partial charge on any atom is 0.313 e. The van der Waals surface area contributed by atoms with Crippen LogP contribution in [0.5, 0.6) is 0 Å². The van der Waals surface area contributed by atoms with Crippen molar-refractivity contribution in [2.45, 2.75) is 19.4 Å². The molecule has 102 valence electrons. The van der Waals surface area contributed by atoms with E-state index in [1.165, 1.54) is 4.90 Å². The van der Waals surface area contributed by atoms with Gasteiger partial charge in [-0.2, -0.15) is 0 Å². The maximum absolute atomic E-state index is 11.9. The van der Waals surface area contributed by atoms with Gasteiger partial charge in [-0.3, -0.25) is 9.59 Å². The van der Waals surface area contributed by atoms with E-state index in [4.69, 9.17) is 11.6 Å². The fourth-order valence-electron chi connectivity index (χ4n) is 1.98. The minimum absolute atomic E-state index is 0.202. The second kappa shape index (κ2) is 5.59. The van der Waals surface area contributed by atoms with E-state index in [0.29, 0.717) is 23.7 Å². The summed E-state index contributed by atoms with van der Waals surface area (Å²) in [6, 6.07) is 5.18. The highest BCUT2D eigenvalue weighted by Crippen LogP contribution is 2.22. The Morgan fingerprint density at radius 1 is 1.47 bits per heavy atom. The molecule has 2 rings (SSSR count). The molecule has 0 aliphatic carbocycles. The molecule has 1 aromatic carbocycles. The lowest BCUT2D eigenvalue weighted by Crippen LogP contribution is -2.38. The number of aliphatic hydroxyl groups is 1. The van der Waals surface area contributed by atoms with Crippen molar-refractivity contribution in [2.24, 2.45) is 0 Å². The molecular formula is C13H15ClN2O3. The molecule has 5 nitrogen and oxygen atoms in total. The number of nitrogens with one attached hydrogen (secondary N) is 1. The van der Waals surface area contributed by atoms with E-state index in [-0.39, 0.29) is 6.54 Å². The molecule has 19 heavy (non-hydrogen) atoms. The van der Waals surface area contributed by atoms with E-state index in [1.54, 1.807) is 12.1 Å². The number of benzene rings is 1. The first-order valence-electron chi connectivity index (χ1n) is 6.02. The fraction of sp³-hybridized carbons (Fsp3) is 0.385. The van der Waals surface area contributed by atoms with Gasteiger partial charge in [0.2, 0.25) is 0 Å². The highest BCUT2D eigenvalue weighted by molar-refractivity contribution is 6.41. The molecule has 0 unspecified atom stereocenters. The topological polar surface area (TPSA) is 69.6 Å². The molecule has 0 spiro atoms. The average molecular weight is 283 g/mol. The number of likely N-dealkylation sites (tertiary alicyclic amines) is 1. The van der Waals surface area contributed by atoms with Gasteiger partial charge in [-0.15, -0.1) is 0 Å². The Morgan fingerprint density at radius 3 is 2.84 bits per heavy atom. The van der Waals surface area contributed by atoms with Crippen LogP contribution in [-0.4, -0.2) is 41.0 Å². The number of aryl methyl sites for hydroxylation is 1. The Morgan fingerprint density at radius 2 is 2.21 bits per heavy atom. The van der Waals surface area contributed by atoms with Crippen molar-refractivity contribution < 1.29 is 14.7 Å². The first kappa shape index (κ1) is 13.8. The van der Waals surface area contributed by atoms with Crippen LogP contribution in [0, 0.1) is 6.92 Å². The zero-order valence-electron chi connectivity index (χ0n) is 10.5. The third-order valence-corrected chi connectivity index (χ3v) is 3.34. The molecule has 0 saturated carbocycles. The minimum atomic E-state index is -0.735. The van der Waals surface area contributed by atoms with Crippen LogP contribution < -0.4 is 5.32 Å². The van der Waals surface area contributed by atoms with Crippen molar-refractivity contribution in [1.82, 2.24) is 4.90 Å². The third-order valence-electron chi connectivity index (χ3n) is 3.01. The summed E-state index contributed by atoms with van der Waals surface area (Å²) < 4.78 is 0. The lowest BCUT2D eigenvalue weighted by atomic mass is 10.2. The maximum atomic E-state index is 11.9. The smallest absolute Gasteiger partial charge is 0.313 e. The summed E-state index contributed by atoms with van der Waals surface area (Å²) in [5, 5.41) is 12.2. The van der Waals surface area contributed by atoms with Crippen molar-refractivity contribution in [1.29, 1.82) is 0 Å². The summed E-state index contributed by atoms with van der Waals surface area (Å²) in [5.41, 5.74) is 1.35. The van der Waals surface area contributed by atoms with Crippen LogP contribution >= 0.6 is 11.6 Å². The molecule has 1 aromatic rings. The number of halogens is 1. The van der Waals surface area contributed by atoms with Gasteiger partial charge in [0.15, 0.2) is 0 Å². The molecule has 1 aliphatic heterocycles. The molecule has 6 heteroatoms. The summed E-state index contributed by atoms with van der Waals surface area (Å²) in [6.07, 6.45) is -0.0381. The van der Waals surface area contributed by atoms with Crippen LogP contribution in [-0.2, 0) is 9.59 Å². The Hall–Kier alpha value is -1.59. The molecule has 2 N–H and O–H groups in total. The normalized spacial score (nSPS) is 18.5. The van der Waals surface area contributed by atoms with E-state index in [1.807, 2.05) is 13.0 Å². The Labute approximate surface area is 116 Å². The zero-order chi connectivity index (χ0) is 14.0. The van der Waals surface area contributed by atoms with Crippen LogP contribution in [0.3, 0.4) is 0 Å². The molecule has 2 amide bonds. The first-order chi connectivity index (χ1) is 8.97. The van der Waals surface area contributed by atoms with Crippen molar-refractivity contribution in [3.63, 3.8) is 0 Å². The van der Waals surface area contributed by atoms with Crippen molar-refractivity contribution >= 4 is 29.1 Å². The molecule has 1 heterocycles. The second-order valence-electron chi connectivity index (χ2n) is 4.63. The van der Waals surface area contributed by atoms with E-state index in [9.17, 15) is 14.7 Å². The molecule has 0 bridgehead atoms. The third kappa shape index (κ3) is 3.24. The quantitative estimate of drug-likeness (QED) is 0.760. The van der Waals surface area contributed by atoms with Gasteiger partial charge in [0.25, 0.3) is 0 Å². The number of hydrogen-bond donors (Lipinski definition) is 2. The van der Waals surface area contributed by atoms with Crippen molar-refractivity contribution in [2.75, 3.05) is 18.4 Å². The standard InChI is InChI=1S/C13H15ClN2O3/c1-8-2-3-10(14)11(6-8)15-12(18)13(19)16-5-4-9(17)7-16/h2-3,6,9,17H,4-5,7H2,1H3,(H,15,18)/t9-/m0/s1. The van der Waals surface area contributed by atoms with Crippen LogP contribution in [0.25, 0.3) is 0 Å². The monoisotopic (exact) mass is 282 g/mol. The number of carbonyl (C=O) groups is 2. The lowest BCUT2D eigenvalue weighted by molar-refractivity contribution is -0.142. The summed E-state index contributed by atoms with van der Waals surface area (Å²) in [4.78, 5) is 25.0. The largest absolute Gasteiger partial charge is 0.391 e. The van der Waals surface area contributed by atoms with Crippen molar-refractivity contribution in [3.8, 4) is 0 Å². The highest BCUT2D eigenvalue weighted by Gasteiger charge is 2.29. The van der Waals surface area contributed by atoms with E-state index >= 15 is 0 Å². The second-order valence-corrected chi connectivity index (χ2v) is 5.04. The predicted molar refractivity (Wildman–Crippen MR) is 72.0 cm³/mol. The number of carbonyl (C=O) groups excluding carboxylic acids is 2. The zero-order valence-corrected chi connectivity index (χ0v) is 11.3. The number of nitrogens with zero attached hydrogens (tertiary/aromatic N) is 1. The number of hydrogen-bond acceptors (Lipinski definition) is 3. The van der Waals surface area contributed by atoms with Gasteiger partial charge < -0.3 is 15.3 Å². The Bertz CT molecular complexity index is 519. The van der Waals surface area contributed by atoms with E-state index in [0.717, 1.165) is 5.56 Å². The predicted octanol–water partition coefficient (Wildman–Crippen LogP) is 1.18. The average Bonchev–Trinajstić information content (AvgIpc) is 2.79. The van der Waals surface area contributed by atoms with Gasteiger partial charge in [-0.1, -0.05) is 17.7 Å². The number of anilines is 1. The Balaban J connectivity index is 2.04. The summed E-state index contributed by atoms with van der Waals surface area (Å²) >= 11 is 5.95. The van der Waals surface area contributed by atoms with Gasteiger partial charge in [-0.05, 0) is 31.0 Å². The summed E-state index contributed by atoms with van der Waals surface area (Å²) in [5.74, 6) is -1.38. The van der Waals surface area contributed by atoms with Gasteiger partial charge in [0, 0.05) is 13.1 Å². The number of amides is 2. The number of rotatable bonds is 1. The van der Waals surface area contributed by atoms with E-state index in [2.05, 4.69) is 5.32 Å². The van der Waals surface area contributed by atoms with Gasteiger partial charge in [0.05, 0.1) is 16.8 Å². The van der Waals surface area contributed by atoms with Crippen LogP contribution in [0.1, 0.15) is 12.0 Å². The summed E-state index contributed by atoms with van der Waals surface area (Å²) in [7, 11) is 0. The fourth-order valence-corrected chi connectivity index (χ4v) is 2.15. The number of β-amino-alcohol motifs (C(OH)–C–C–N with tert-alkyl or cyclic N) is 1.